The molecule has 0 bridgehead atoms. The van der Waals surface area contributed by atoms with Crippen LogP contribution in [0.2, 0.25) is 0 Å². The fraction of sp³-hybridized carbons (Fsp3) is 0.615. The van der Waals surface area contributed by atoms with Crippen molar-refractivity contribution in [2.45, 2.75) is 25.6 Å². The number of carbonyl (C=O) groups is 2. The maximum atomic E-state index is 12.2. The Hall–Kier alpha value is -1.54. The monoisotopic (exact) mass is 314 g/mol. The number of carbonyl (C=O) groups excluding carboxylic acids is 1. The van der Waals surface area contributed by atoms with Crippen LogP contribution in [0, 0.1) is 13.8 Å². The van der Waals surface area contributed by atoms with Crippen LogP contribution in [0.5, 0.6) is 0 Å². The summed E-state index contributed by atoms with van der Waals surface area (Å²) in [4.78, 5) is 24.7. The van der Waals surface area contributed by atoms with Crippen molar-refractivity contribution in [1.82, 2.24) is 10.1 Å². The third-order valence-corrected chi connectivity index (χ3v) is 4.33. The van der Waals surface area contributed by atoms with Crippen LogP contribution in [0.25, 0.3) is 0 Å². The molecule has 1 N–H and O–H groups in total. The Morgan fingerprint density at radius 3 is 2.86 bits per heavy atom. The van der Waals surface area contributed by atoms with E-state index in [2.05, 4.69) is 5.16 Å². The maximum Gasteiger partial charge on any atom is 0.328 e. The van der Waals surface area contributed by atoms with E-state index in [0.29, 0.717) is 18.9 Å². The molecule has 0 aliphatic carbocycles. The molecule has 0 spiro atoms. The van der Waals surface area contributed by atoms with Crippen molar-refractivity contribution < 1.29 is 24.0 Å². The van der Waals surface area contributed by atoms with Crippen LogP contribution in [0.3, 0.4) is 0 Å². The second-order valence-corrected chi connectivity index (χ2v) is 5.80. The molecule has 0 aromatic carbocycles. The summed E-state index contributed by atoms with van der Waals surface area (Å²) in [6.45, 7) is 4.44. The first-order valence-electron chi connectivity index (χ1n) is 6.60. The number of aromatic nitrogens is 1. The van der Waals surface area contributed by atoms with Crippen molar-refractivity contribution in [3.05, 3.63) is 17.0 Å². The van der Waals surface area contributed by atoms with Crippen LogP contribution >= 0.6 is 11.8 Å². The first-order chi connectivity index (χ1) is 10.0. The number of aryl methyl sites for hydroxylation is 2. The molecule has 1 aromatic rings. The van der Waals surface area contributed by atoms with Gasteiger partial charge in [-0.05, 0) is 13.8 Å². The van der Waals surface area contributed by atoms with E-state index in [0.717, 1.165) is 17.0 Å². The fourth-order valence-corrected chi connectivity index (χ4v) is 3.20. The number of carboxylic acids is 1. The smallest absolute Gasteiger partial charge is 0.328 e. The van der Waals surface area contributed by atoms with Gasteiger partial charge in [0.15, 0.2) is 6.04 Å². The Labute approximate surface area is 126 Å². The number of thioether (sulfide) groups is 1. The third kappa shape index (κ3) is 3.76. The molecule has 21 heavy (non-hydrogen) atoms. The Morgan fingerprint density at radius 2 is 2.24 bits per heavy atom. The van der Waals surface area contributed by atoms with Crippen molar-refractivity contribution in [2.24, 2.45) is 0 Å². The highest BCUT2D eigenvalue weighted by Crippen LogP contribution is 2.20. The zero-order valence-electron chi connectivity index (χ0n) is 12.0. The summed E-state index contributed by atoms with van der Waals surface area (Å²) in [5.74, 6) is 0.395. The predicted octanol–water partition coefficient (Wildman–Crippen LogP) is 0.837. The van der Waals surface area contributed by atoms with Crippen molar-refractivity contribution in [3.8, 4) is 0 Å². The number of hydrogen-bond acceptors (Lipinski definition) is 6. The molecule has 2 rings (SSSR count). The van der Waals surface area contributed by atoms with Crippen LogP contribution in [0.1, 0.15) is 17.0 Å². The minimum absolute atomic E-state index is 0.0512. The summed E-state index contributed by atoms with van der Waals surface area (Å²) in [7, 11) is 0. The van der Waals surface area contributed by atoms with Gasteiger partial charge in [0.05, 0.1) is 24.7 Å². The van der Waals surface area contributed by atoms with E-state index in [4.69, 9.17) is 14.4 Å². The molecule has 1 aliphatic heterocycles. The van der Waals surface area contributed by atoms with Gasteiger partial charge in [0.1, 0.15) is 5.76 Å². The standard InChI is InChI=1S/C13H18N2O5S/c1-8-10(9(2)20-14-8)6-21-7-12(16)15-3-4-19-5-11(15)13(17)18/h11H,3-7H2,1-2H3,(H,17,18). The first-order valence-corrected chi connectivity index (χ1v) is 7.75. The summed E-state index contributed by atoms with van der Waals surface area (Å²) < 4.78 is 10.2. The molecule has 2 heterocycles. The van der Waals surface area contributed by atoms with Gasteiger partial charge in [0.25, 0.3) is 0 Å². The van der Waals surface area contributed by atoms with E-state index >= 15 is 0 Å². The van der Waals surface area contributed by atoms with E-state index in [1.807, 2.05) is 13.8 Å². The van der Waals surface area contributed by atoms with E-state index in [9.17, 15) is 9.59 Å². The summed E-state index contributed by atoms with van der Waals surface area (Å²) >= 11 is 1.43. The van der Waals surface area contributed by atoms with Gasteiger partial charge in [-0.2, -0.15) is 0 Å². The van der Waals surface area contributed by atoms with Gasteiger partial charge in [0.2, 0.25) is 5.91 Å². The Kier molecular flexibility index (Phi) is 5.24. The normalized spacial score (nSPS) is 18.8. The van der Waals surface area contributed by atoms with Crippen molar-refractivity contribution in [1.29, 1.82) is 0 Å². The van der Waals surface area contributed by atoms with E-state index in [1.54, 1.807) is 0 Å². The number of rotatable bonds is 5. The SMILES string of the molecule is Cc1noc(C)c1CSCC(=O)N1CCOCC1C(=O)O. The number of amides is 1. The van der Waals surface area contributed by atoms with Crippen LogP contribution in [-0.2, 0) is 20.1 Å². The van der Waals surface area contributed by atoms with Crippen molar-refractivity contribution in [2.75, 3.05) is 25.5 Å². The quantitative estimate of drug-likeness (QED) is 0.860. The first kappa shape index (κ1) is 15.8. The summed E-state index contributed by atoms with van der Waals surface area (Å²) in [6.07, 6.45) is 0. The lowest BCUT2D eigenvalue weighted by atomic mass is 10.2. The Morgan fingerprint density at radius 1 is 1.48 bits per heavy atom. The molecule has 1 fully saturated rings. The third-order valence-electron chi connectivity index (χ3n) is 3.39. The highest BCUT2D eigenvalue weighted by Gasteiger charge is 2.32. The van der Waals surface area contributed by atoms with E-state index in [1.165, 1.54) is 16.7 Å². The molecule has 7 nitrogen and oxygen atoms in total. The van der Waals surface area contributed by atoms with Crippen LogP contribution < -0.4 is 0 Å². The second kappa shape index (κ2) is 6.95. The summed E-state index contributed by atoms with van der Waals surface area (Å²) in [5.41, 5.74) is 1.81. The predicted molar refractivity (Wildman–Crippen MR) is 76.1 cm³/mol. The van der Waals surface area contributed by atoms with E-state index in [-0.39, 0.29) is 18.3 Å². The van der Waals surface area contributed by atoms with Gasteiger partial charge in [-0.15, -0.1) is 11.8 Å². The summed E-state index contributed by atoms with van der Waals surface area (Å²) in [5, 5.41) is 13.0. The number of morpholine rings is 1. The van der Waals surface area contributed by atoms with Gasteiger partial charge in [-0.3, -0.25) is 4.79 Å². The molecule has 1 aliphatic rings. The zero-order valence-corrected chi connectivity index (χ0v) is 12.8. The molecule has 116 valence electrons. The molecule has 8 heteroatoms. The minimum atomic E-state index is -1.03. The zero-order chi connectivity index (χ0) is 15.4. The van der Waals surface area contributed by atoms with Crippen molar-refractivity contribution in [3.63, 3.8) is 0 Å². The van der Waals surface area contributed by atoms with Crippen LogP contribution in [0.4, 0.5) is 0 Å². The number of ether oxygens (including phenoxy) is 1. The minimum Gasteiger partial charge on any atom is -0.480 e. The number of carboxylic acid groups (broad SMARTS) is 1. The van der Waals surface area contributed by atoms with Gasteiger partial charge in [-0.1, -0.05) is 5.16 Å². The van der Waals surface area contributed by atoms with Gasteiger partial charge >= 0.3 is 5.97 Å². The molecule has 1 aromatic heterocycles. The molecule has 1 amide bonds. The lowest BCUT2D eigenvalue weighted by molar-refractivity contribution is -0.157. The average Bonchev–Trinajstić information content (AvgIpc) is 2.78. The number of nitrogens with zero attached hydrogens (tertiary/aromatic N) is 2. The fourth-order valence-electron chi connectivity index (χ4n) is 2.14. The molecule has 0 radical (unpaired) electrons. The van der Waals surface area contributed by atoms with E-state index < -0.39 is 12.0 Å². The molecule has 1 atom stereocenters. The van der Waals surface area contributed by atoms with Gasteiger partial charge < -0.3 is 19.3 Å². The number of hydrogen-bond donors (Lipinski definition) is 1. The average molecular weight is 314 g/mol. The topological polar surface area (TPSA) is 92.9 Å². The molecular formula is C13H18N2O5S. The lowest BCUT2D eigenvalue weighted by Crippen LogP contribution is -2.53. The molecular weight excluding hydrogens is 296 g/mol. The number of aliphatic carboxylic acids is 1. The Balaban J connectivity index is 1.87. The lowest BCUT2D eigenvalue weighted by Gasteiger charge is -2.32. The van der Waals surface area contributed by atoms with Gasteiger partial charge in [0, 0.05) is 17.9 Å². The van der Waals surface area contributed by atoms with Crippen molar-refractivity contribution >= 4 is 23.6 Å². The van der Waals surface area contributed by atoms with Crippen LogP contribution in [-0.4, -0.2) is 58.6 Å². The van der Waals surface area contributed by atoms with Gasteiger partial charge in [-0.25, -0.2) is 4.79 Å². The summed E-state index contributed by atoms with van der Waals surface area (Å²) in [6, 6.07) is -0.883. The molecule has 0 saturated carbocycles. The highest BCUT2D eigenvalue weighted by atomic mass is 32.2. The largest absolute Gasteiger partial charge is 0.480 e. The highest BCUT2D eigenvalue weighted by molar-refractivity contribution is 7.99. The molecule has 1 saturated heterocycles. The molecule has 1 unspecified atom stereocenters. The Bertz CT molecular complexity index is 511. The van der Waals surface area contributed by atoms with Crippen LogP contribution in [0.15, 0.2) is 4.52 Å². The maximum absolute atomic E-state index is 12.2. The second-order valence-electron chi connectivity index (χ2n) is 4.81.